The molecule has 2 aliphatic rings. The van der Waals surface area contributed by atoms with Gasteiger partial charge in [-0.1, -0.05) is 17.7 Å². The van der Waals surface area contributed by atoms with E-state index in [0.717, 1.165) is 22.7 Å². The van der Waals surface area contributed by atoms with Crippen LogP contribution in [0.4, 0.5) is 18.9 Å². The Kier molecular flexibility index (Phi) is 6.66. The van der Waals surface area contributed by atoms with E-state index in [0.29, 0.717) is 51.1 Å². The number of aromatic nitrogens is 1. The zero-order chi connectivity index (χ0) is 26.5. The number of halogens is 4. The fraction of sp³-hybridized carbons (Fsp3) is 0.400. The summed E-state index contributed by atoms with van der Waals surface area (Å²) in [6.07, 6.45) is -1.38. The highest BCUT2D eigenvalue weighted by Gasteiger charge is 2.37. The minimum absolute atomic E-state index is 0.274. The second-order valence-electron chi connectivity index (χ2n) is 9.61. The van der Waals surface area contributed by atoms with Gasteiger partial charge in [0.15, 0.2) is 0 Å². The van der Waals surface area contributed by atoms with Gasteiger partial charge < -0.3 is 9.47 Å². The van der Waals surface area contributed by atoms with Crippen LogP contribution in [0, 0.1) is 0 Å². The molecule has 0 radical (unpaired) electrons. The molecule has 0 atom stereocenters. The second-order valence-corrected chi connectivity index (χ2v) is 12.0. The molecule has 198 valence electrons. The number of nitrogens with one attached hydrogen (secondary N) is 1. The predicted octanol–water partition coefficient (Wildman–Crippen LogP) is 4.39. The summed E-state index contributed by atoms with van der Waals surface area (Å²) in [7, 11) is -1.77. The number of amides is 1. The second kappa shape index (κ2) is 9.52. The van der Waals surface area contributed by atoms with Crippen LogP contribution in [0.2, 0.25) is 5.02 Å². The van der Waals surface area contributed by atoms with Gasteiger partial charge in [0.2, 0.25) is 10.0 Å². The van der Waals surface area contributed by atoms with Gasteiger partial charge in [-0.05, 0) is 48.7 Å². The number of aryl methyl sites for hydroxylation is 1. The van der Waals surface area contributed by atoms with Gasteiger partial charge in [-0.3, -0.25) is 9.69 Å². The summed E-state index contributed by atoms with van der Waals surface area (Å²) in [5, 5.41) is 0.152. The SMILES string of the molecule is Cn1cc(N2CCN(Cc3ccc(Cl)c(C(F)(F)F)c3)CC2)c2ccc(C(=O)NS(=O)(=O)C3CC3)cc21. The maximum absolute atomic E-state index is 13.2. The molecule has 1 aliphatic heterocycles. The Morgan fingerprint density at radius 3 is 2.43 bits per heavy atom. The highest BCUT2D eigenvalue weighted by atomic mass is 35.5. The largest absolute Gasteiger partial charge is 0.417 e. The number of hydrogen-bond acceptors (Lipinski definition) is 5. The number of fused-ring (bicyclic) bond motifs is 1. The fourth-order valence-corrected chi connectivity index (χ4v) is 6.22. The van der Waals surface area contributed by atoms with Crippen LogP contribution >= 0.6 is 11.6 Å². The van der Waals surface area contributed by atoms with Crippen molar-refractivity contribution in [2.75, 3.05) is 31.1 Å². The molecule has 0 unspecified atom stereocenters. The van der Waals surface area contributed by atoms with Crippen molar-refractivity contribution in [3.05, 3.63) is 64.3 Å². The first-order valence-electron chi connectivity index (χ1n) is 11.9. The Morgan fingerprint density at radius 1 is 1.08 bits per heavy atom. The average molecular weight is 555 g/mol. The van der Waals surface area contributed by atoms with E-state index in [4.69, 9.17) is 11.6 Å². The lowest BCUT2D eigenvalue weighted by Crippen LogP contribution is -2.45. The van der Waals surface area contributed by atoms with E-state index in [-0.39, 0.29) is 10.6 Å². The van der Waals surface area contributed by atoms with Gasteiger partial charge in [-0.25, -0.2) is 13.1 Å². The number of carbonyl (C=O) groups is 1. The van der Waals surface area contributed by atoms with Gasteiger partial charge in [-0.15, -0.1) is 0 Å². The molecule has 5 rings (SSSR count). The summed E-state index contributed by atoms with van der Waals surface area (Å²) in [4.78, 5) is 16.9. The highest BCUT2D eigenvalue weighted by Crippen LogP contribution is 2.36. The number of piperazine rings is 1. The summed E-state index contributed by atoms with van der Waals surface area (Å²) in [5.74, 6) is -0.638. The molecular weight excluding hydrogens is 529 g/mol. The minimum atomic E-state index is -4.49. The van der Waals surface area contributed by atoms with Crippen LogP contribution in [0.25, 0.3) is 10.9 Å². The van der Waals surface area contributed by atoms with Crippen LogP contribution in [-0.2, 0) is 29.8 Å². The number of rotatable bonds is 6. The Labute approximate surface area is 217 Å². The Bertz CT molecular complexity index is 1460. The highest BCUT2D eigenvalue weighted by molar-refractivity contribution is 7.91. The molecular formula is C25H26ClF3N4O3S. The minimum Gasteiger partial charge on any atom is -0.367 e. The zero-order valence-corrected chi connectivity index (χ0v) is 21.6. The molecule has 2 aromatic carbocycles. The van der Waals surface area contributed by atoms with Crippen LogP contribution in [0.15, 0.2) is 42.6 Å². The van der Waals surface area contributed by atoms with Crippen LogP contribution in [0.1, 0.15) is 34.3 Å². The molecule has 1 aromatic heterocycles. The van der Waals surface area contributed by atoms with Crippen LogP contribution in [-0.4, -0.2) is 55.2 Å². The third-order valence-corrected chi connectivity index (χ3v) is 9.03. The van der Waals surface area contributed by atoms with Crippen molar-refractivity contribution in [2.45, 2.75) is 30.8 Å². The summed E-state index contributed by atoms with van der Waals surface area (Å²) in [6, 6.07) is 9.16. The molecule has 2 heterocycles. The monoisotopic (exact) mass is 554 g/mol. The van der Waals surface area contributed by atoms with Crippen molar-refractivity contribution < 1.29 is 26.4 Å². The molecule has 7 nitrogen and oxygen atoms in total. The number of alkyl halides is 3. The summed E-state index contributed by atoms with van der Waals surface area (Å²) >= 11 is 5.74. The smallest absolute Gasteiger partial charge is 0.367 e. The number of carbonyl (C=O) groups excluding carboxylic acids is 1. The lowest BCUT2D eigenvalue weighted by Gasteiger charge is -2.36. The van der Waals surface area contributed by atoms with Gasteiger partial charge in [0, 0.05) is 56.9 Å². The van der Waals surface area contributed by atoms with Gasteiger partial charge in [0.25, 0.3) is 5.91 Å². The molecule has 1 aliphatic carbocycles. The van der Waals surface area contributed by atoms with Gasteiger partial charge >= 0.3 is 6.18 Å². The number of nitrogens with zero attached hydrogens (tertiary/aromatic N) is 3. The van der Waals surface area contributed by atoms with Crippen molar-refractivity contribution in [2.24, 2.45) is 7.05 Å². The Balaban J connectivity index is 1.27. The standard InChI is InChI=1S/C25H26ClF3N4O3S/c1-31-15-23(19-6-3-17(13-22(19)31)24(34)30-37(35,36)18-4-5-18)33-10-8-32(9-11-33)14-16-2-7-21(26)20(12-16)25(27,28)29/h2-3,6-7,12-13,15,18H,4-5,8-11,14H2,1H3,(H,30,34). The topological polar surface area (TPSA) is 74.7 Å². The first-order valence-corrected chi connectivity index (χ1v) is 13.8. The molecule has 2 fully saturated rings. The van der Waals surface area contributed by atoms with Crippen molar-refractivity contribution >= 4 is 44.1 Å². The van der Waals surface area contributed by atoms with E-state index in [2.05, 4.69) is 14.5 Å². The molecule has 1 N–H and O–H groups in total. The average Bonchev–Trinajstić information content (AvgIpc) is 3.65. The molecule has 0 spiro atoms. The molecule has 1 saturated heterocycles. The lowest BCUT2D eigenvalue weighted by atomic mass is 10.1. The molecule has 1 amide bonds. The molecule has 12 heteroatoms. The van der Waals surface area contributed by atoms with E-state index in [9.17, 15) is 26.4 Å². The number of sulfonamides is 1. The van der Waals surface area contributed by atoms with Crippen LogP contribution < -0.4 is 9.62 Å². The van der Waals surface area contributed by atoms with Crippen molar-refractivity contribution in [3.8, 4) is 0 Å². The maximum Gasteiger partial charge on any atom is 0.417 e. The van der Waals surface area contributed by atoms with Crippen molar-refractivity contribution in [1.82, 2.24) is 14.2 Å². The summed E-state index contributed by atoms with van der Waals surface area (Å²) in [5.41, 5.74) is 1.80. The predicted molar refractivity (Wildman–Crippen MR) is 136 cm³/mol. The quantitative estimate of drug-likeness (QED) is 0.489. The van der Waals surface area contributed by atoms with Crippen molar-refractivity contribution in [1.29, 1.82) is 0 Å². The zero-order valence-electron chi connectivity index (χ0n) is 20.1. The number of benzene rings is 2. The molecule has 37 heavy (non-hydrogen) atoms. The first kappa shape index (κ1) is 25.9. The Hall–Kier alpha value is -2.76. The molecule has 1 saturated carbocycles. The fourth-order valence-electron chi connectivity index (χ4n) is 4.70. The Morgan fingerprint density at radius 2 is 1.78 bits per heavy atom. The van der Waals surface area contributed by atoms with Crippen LogP contribution in [0.3, 0.4) is 0 Å². The van der Waals surface area contributed by atoms with Crippen molar-refractivity contribution in [3.63, 3.8) is 0 Å². The summed E-state index contributed by atoms with van der Waals surface area (Å²) < 4.78 is 67.9. The summed E-state index contributed by atoms with van der Waals surface area (Å²) in [6.45, 7) is 3.09. The third-order valence-electron chi connectivity index (χ3n) is 6.89. The van der Waals surface area contributed by atoms with E-state index in [1.165, 1.54) is 6.07 Å². The maximum atomic E-state index is 13.2. The van der Waals surface area contributed by atoms with E-state index in [1.807, 2.05) is 23.9 Å². The van der Waals surface area contributed by atoms with Gasteiger partial charge in [0.05, 0.1) is 27.0 Å². The van der Waals surface area contributed by atoms with Crippen LogP contribution in [0.5, 0.6) is 0 Å². The lowest BCUT2D eigenvalue weighted by molar-refractivity contribution is -0.137. The normalized spacial score (nSPS) is 17.4. The number of hydrogen-bond donors (Lipinski definition) is 1. The molecule has 0 bridgehead atoms. The van der Waals surface area contributed by atoms with E-state index >= 15 is 0 Å². The van der Waals surface area contributed by atoms with Gasteiger partial charge in [-0.2, -0.15) is 13.2 Å². The van der Waals surface area contributed by atoms with E-state index in [1.54, 1.807) is 18.2 Å². The molecule has 3 aromatic rings. The van der Waals surface area contributed by atoms with Gasteiger partial charge in [0.1, 0.15) is 0 Å². The third kappa shape index (κ3) is 5.44. The first-order chi connectivity index (χ1) is 17.4. The van der Waals surface area contributed by atoms with E-state index < -0.39 is 32.9 Å². The number of anilines is 1.